The van der Waals surface area contributed by atoms with E-state index in [2.05, 4.69) is 0 Å². The number of aliphatic hydroxyl groups is 1. The Morgan fingerprint density at radius 1 is 0.519 bits per heavy atom. The van der Waals surface area contributed by atoms with E-state index in [9.17, 15) is 9.90 Å². The van der Waals surface area contributed by atoms with Gasteiger partial charge in [0.1, 0.15) is 30.5 Å². The summed E-state index contributed by atoms with van der Waals surface area (Å²) in [7, 11) is 0. The molecule has 276 valence electrons. The molecule has 0 radical (unpaired) electrons. The second kappa shape index (κ2) is 18.7. The van der Waals surface area contributed by atoms with Crippen molar-refractivity contribution in [3.05, 3.63) is 144 Å². The average Bonchev–Trinajstić information content (AvgIpc) is 3.16. The molecule has 4 aromatic rings. The molecule has 0 amide bonds. The van der Waals surface area contributed by atoms with E-state index in [0.29, 0.717) is 0 Å². The second-order valence-corrected chi connectivity index (χ2v) is 13.2. The van der Waals surface area contributed by atoms with E-state index < -0.39 is 67.4 Å². The molecule has 2 fully saturated rings. The van der Waals surface area contributed by atoms with Crippen LogP contribution in [0.5, 0.6) is 0 Å². The summed E-state index contributed by atoms with van der Waals surface area (Å²) >= 11 is 0. The van der Waals surface area contributed by atoms with Gasteiger partial charge in [-0.2, -0.15) is 0 Å². The Hall–Kier alpha value is -3.97. The van der Waals surface area contributed by atoms with Crippen LogP contribution in [0, 0.1) is 0 Å². The molecule has 2 aliphatic rings. The van der Waals surface area contributed by atoms with Crippen molar-refractivity contribution in [3.8, 4) is 0 Å². The quantitative estimate of drug-likeness (QED) is 0.145. The molecule has 2 heterocycles. The van der Waals surface area contributed by atoms with Crippen LogP contribution >= 0.6 is 0 Å². The van der Waals surface area contributed by atoms with Crippen molar-refractivity contribution >= 4 is 5.97 Å². The van der Waals surface area contributed by atoms with Crippen molar-refractivity contribution < 1.29 is 47.8 Å². The topological polar surface area (TPSA) is 111 Å². The molecule has 52 heavy (non-hydrogen) atoms. The fourth-order valence-corrected chi connectivity index (χ4v) is 6.60. The average molecular weight is 713 g/mol. The maximum Gasteiger partial charge on any atom is 0.303 e. The third-order valence-corrected chi connectivity index (χ3v) is 9.21. The van der Waals surface area contributed by atoms with E-state index in [0.717, 1.165) is 22.3 Å². The Morgan fingerprint density at radius 3 is 1.25 bits per heavy atom. The van der Waals surface area contributed by atoms with Gasteiger partial charge in [0, 0.05) is 6.92 Å². The molecule has 6 rings (SSSR count). The molecular formula is C42H48O10. The maximum absolute atomic E-state index is 12.7. The predicted octanol–water partition coefficient (Wildman–Crippen LogP) is 6.13. The number of aliphatic hydroxyl groups excluding tert-OH is 1. The first kappa shape index (κ1) is 37.8. The summed E-state index contributed by atoms with van der Waals surface area (Å²) in [5, 5.41) is 11.5. The summed E-state index contributed by atoms with van der Waals surface area (Å²) in [5.74, 6) is -0.554. The van der Waals surface area contributed by atoms with Crippen molar-refractivity contribution in [1.82, 2.24) is 0 Å². The highest BCUT2D eigenvalue weighted by atomic mass is 16.8. The van der Waals surface area contributed by atoms with E-state index in [4.69, 9.17) is 37.9 Å². The van der Waals surface area contributed by atoms with Crippen LogP contribution in [0.1, 0.15) is 43.0 Å². The summed E-state index contributed by atoms with van der Waals surface area (Å²) in [6.45, 7) is 6.03. The fourth-order valence-electron chi connectivity index (χ4n) is 6.60. The number of carbonyl (C=O) groups excluding carboxylic acids is 1. The van der Waals surface area contributed by atoms with Gasteiger partial charge in [-0.3, -0.25) is 4.79 Å². The minimum atomic E-state index is -1.42. The lowest BCUT2D eigenvalue weighted by Crippen LogP contribution is -2.65. The van der Waals surface area contributed by atoms with E-state index >= 15 is 0 Å². The number of ether oxygens (including phenoxy) is 8. The van der Waals surface area contributed by atoms with Crippen molar-refractivity contribution in [2.75, 3.05) is 0 Å². The molecule has 2 saturated heterocycles. The summed E-state index contributed by atoms with van der Waals surface area (Å²) < 4.78 is 51.1. The molecule has 0 saturated carbocycles. The Balaban J connectivity index is 1.28. The number of esters is 1. The first-order chi connectivity index (χ1) is 25.4. The highest BCUT2D eigenvalue weighted by molar-refractivity contribution is 5.66. The zero-order valence-corrected chi connectivity index (χ0v) is 29.8. The van der Waals surface area contributed by atoms with Gasteiger partial charge in [-0.15, -0.1) is 0 Å². The smallest absolute Gasteiger partial charge is 0.303 e. The molecule has 1 N–H and O–H groups in total. The molecule has 10 atom stereocenters. The summed E-state index contributed by atoms with van der Waals surface area (Å²) in [4.78, 5) is 12.7. The van der Waals surface area contributed by atoms with Gasteiger partial charge in [-0.1, -0.05) is 121 Å². The lowest BCUT2D eigenvalue weighted by Gasteiger charge is -2.48. The molecule has 2 aliphatic heterocycles. The lowest BCUT2D eigenvalue weighted by molar-refractivity contribution is -0.368. The van der Waals surface area contributed by atoms with Crippen molar-refractivity contribution in [2.24, 2.45) is 0 Å². The second-order valence-electron chi connectivity index (χ2n) is 13.2. The van der Waals surface area contributed by atoms with E-state index in [1.54, 1.807) is 0 Å². The van der Waals surface area contributed by atoms with Gasteiger partial charge in [-0.05, 0) is 36.1 Å². The minimum absolute atomic E-state index is 0.221. The zero-order chi connectivity index (χ0) is 36.3. The van der Waals surface area contributed by atoms with Gasteiger partial charge < -0.3 is 43.0 Å². The standard InChI is InChI=1S/C42H48O10/c1-28-35(45-24-31-16-8-4-9-17-31)37(47-26-33-20-12-6-13-21-33)39(41(44)49-28)52-42-40(51-30(3)43)38(48-27-34-22-14-7-15-23-34)36(29(2)50-42)46-25-32-18-10-5-11-19-32/h4-23,28-29,35-42,44H,24-27H2,1-3H3/t28-,29-,35-,36-,37+,38+,39+,40+,41+,42-/m0/s1. The van der Waals surface area contributed by atoms with Crippen LogP contribution in [-0.2, 0) is 69.1 Å². The summed E-state index contributed by atoms with van der Waals surface area (Å²) in [6.07, 6.45) is -8.82. The van der Waals surface area contributed by atoms with Gasteiger partial charge >= 0.3 is 5.97 Å². The molecule has 0 unspecified atom stereocenters. The highest BCUT2D eigenvalue weighted by Crippen LogP contribution is 2.35. The molecule has 0 bridgehead atoms. The molecule has 10 nitrogen and oxygen atoms in total. The number of carbonyl (C=O) groups is 1. The normalized spacial score (nSPS) is 29.0. The van der Waals surface area contributed by atoms with Gasteiger partial charge in [0.25, 0.3) is 0 Å². The van der Waals surface area contributed by atoms with E-state index in [1.165, 1.54) is 6.92 Å². The largest absolute Gasteiger partial charge is 0.454 e. The molecule has 0 aromatic heterocycles. The van der Waals surface area contributed by atoms with Gasteiger partial charge in [-0.25, -0.2) is 0 Å². The fraction of sp³-hybridized carbons (Fsp3) is 0.405. The van der Waals surface area contributed by atoms with Crippen LogP contribution in [0.15, 0.2) is 121 Å². The first-order valence-electron chi connectivity index (χ1n) is 17.8. The molecule has 10 heteroatoms. The van der Waals surface area contributed by atoms with Crippen LogP contribution < -0.4 is 0 Å². The van der Waals surface area contributed by atoms with Crippen LogP contribution in [0.25, 0.3) is 0 Å². The Labute approximate surface area is 305 Å². The predicted molar refractivity (Wildman–Crippen MR) is 191 cm³/mol. The van der Waals surface area contributed by atoms with Gasteiger partial charge in [0.2, 0.25) is 0 Å². The summed E-state index contributed by atoms with van der Waals surface area (Å²) in [5.41, 5.74) is 3.81. The van der Waals surface area contributed by atoms with Gasteiger partial charge in [0.05, 0.1) is 38.6 Å². The molecular weight excluding hydrogens is 664 g/mol. The van der Waals surface area contributed by atoms with E-state index in [-0.39, 0.29) is 26.4 Å². The molecule has 0 aliphatic carbocycles. The Bertz CT molecular complexity index is 1630. The van der Waals surface area contributed by atoms with Crippen LogP contribution in [0.4, 0.5) is 0 Å². The SMILES string of the molecule is CC(=O)O[C@H]1[C@H](O[C@@H]2[C@H](OCc3ccccc3)[C@@H](OCc3ccccc3)[C@H](C)O[C@H]2O)O[C@@H](C)[C@H](OCc2ccccc2)[C@H]1OCc1ccccc1. The van der Waals surface area contributed by atoms with Crippen molar-refractivity contribution in [3.63, 3.8) is 0 Å². The number of rotatable bonds is 15. The number of benzene rings is 4. The highest BCUT2D eigenvalue weighted by Gasteiger charge is 2.53. The number of hydrogen-bond acceptors (Lipinski definition) is 10. The van der Waals surface area contributed by atoms with Crippen molar-refractivity contribution in [2.45, 2.75) is 109 Å². The van der Waals surface area contributed by atoms with Gasteiger partial charge in [0.15, 0.2) is 18.7 Å². The summed E-state index contributed by atoms with van der Waals surface area (Å²) in [6, 6.07) is 39.0. The molecule has 0 spiro atoms. The zero-order valence-electron chi connectivity index (χ0n) is 29.8. The lowest BCUT2D eigenvalue weighted by atomic mass is 9.96. The number of hydrogen-bond donors (Lipinski definition) is 1. The van der Waals surface area contributed by atoms with Crippen LogP contribution in [-0.4, -0.2) is 72.5 Å². The third-order valence-electron chi connectivity index (χ3n) is 9.21. The Morgan fingerprint density at radius 2 is 0.865 bits per heavy atom. The van der Waals surface area contributed by atoms with Crippen LogP contribution in [0.2, 0.25) is 0 Å². The first-order valence-corrected chi connectivity index (χ1v) is 17.8. The monoisotopic (exact) mass is 712 g/mol. The van der Waals surface area contributed by atoms with E-state index in [1.807, 2.05) is 135 Å². The maximum atomic E-state index is 12.7. The van der Waals surface area contributed by atoms with Crippen molar-refractivity contribution in [1.29, 1.82) is 0 Å². The molecule has 4 aromatic carbocycles. The Kier molecular flexibility index (Phi) is 13.6. The van der Waals surface area contributed by atoms with Crippen LogP contribution in [0.3, 0.4) is 0 Å². The minimum Gasteiger partial charge on any atom is -0.454 e. The third kappa shape index (κ3) is 10.1.